The molecular formula is C38H50N6O6S. The quantitative estimate of drug-likeness (QED) is 0.0654. The number of aliphatic hydroxyl groups is 1. The van der Waals surface area contributed by atoms with Crippen LogP contribution in [0.3, 0.4) is 0 Å². The number of aromatic nitrogens is 1. The van der Waals surface area contributed by atoms with Gasteiger partial charge in [-0.15, -0.1) is 10.2 Å². The van der Waals surface area contributed by atoms with Gasteiger partial charge in [0, 0.05) is 38.9 Å². The summed E-state index contributed by atoms with van der Waals surface area (Å²) in [5.74, 6) is 0.167. The minimum atomic E-state index is -1.42. The Morgan fingerprint density at radius 2 is 1.65 bits per heavy atom. The first kappa shape index (κ1) is 39.5. The number of aliphatic hydroxyl groups excluding tert-OH is 1. The number of nitrogens with one attached hydrogen (secondary N) is 1. The molecule has 12 nitrogen and oxygen atoms in total. The lowest BCUT2D eigenvalue weighted by atomic mass is 9.96. The molecule has 0 spiro atoms. The lowest BCUT2D eigenvalue weighted by molar-refractivity contribution is -0.134. The molecule has 0 unspecified atom stereocenters. The van der Waals surface area contributed by atoms with Crippen LogP contribution in [0, 0.1) is 5.92 Å². The second-order valence-corrected chi connectivity index (χ2v) is 13.9. The minimum Gasteiger partial charge on any atom is -0.491 e. The number of nitrogens with two attached hydrogens (primary N) is 1. The summed E-state index contributed by atoms with van der Waals surface area (Å²) in [7, 11) is 3.98. The number of hydrogen-bond acceptors (Lipinski definition) is 12. The summed E-state index contributed by atoms with van der Waals surface area (Å²) in [4.78, 5) is 32.3. The van der Waals surface area contributed by atoms with Crippen molar-refractivity contribution in [1.29, 1.82) is 0 Å². The summed E-state index contributed by atoms with van der Waals surface area (Å²) >= 11 is 1.44. The largest absolute Gasteiger partial charge is 0.491 e. The zero-order valence-electron chi connectivity index (χ0n) is 29.9. The van der Waals surface area contributed by atoms with Crippen molar-refractivity contribution in [2.24, 2.45) is 21.9 Å². The predicted octanol–water partition coefficient (Wildman–Crippen LogP) is 6.00. The molecule has 3 atom stereocenters. The van der Waals surface area contributed by atoms with Crippen LogP contribution in [0.4, 0.5) is 16.5 Å². The van der Waals surface area contributed by atoms with E-state index in [1.807, 2.05) is 106 Å². The van der Waals surface area contributed by atoms with Crippen molar-refractivity contribution >= 4 is 49.8 Å². The molecule has 4 rings (SSSR count). The smallest absolute Gasteiger partial charge is 0.251 e. The molecule has 0 bridgehead atoms. The number of azo groups is 1. The van der Waals surface area contributed by atoms with E-state index in [4.69, 9.17) is 19.9 Å². The zero-order chi connectivity index (χ0) is 36.6. The van der Waals surface area contributed by atoms with E-state index in [0.29, 0.717) is 57.4 Å². The molecule has 0 fully saturated rings. The lowest BCUT2D eigenvalue weighted by Crippen LogP contribution is -2.52. The number of hydrogen-bond donors (Lipinski definition) is 3. The molecule has 51 heavy (non-hydrogen) atoms. The Bertz CT molecular complexity index is 1680. The Morgan fingerprint density at radius 1 is 0.941 bits per heavy atom. The maximum absolute atomic E-state index is 13.0. The SMILES string of the molecule is CC(C)C[C@H](NC(=O)[C@@H](O)[C@H](N)Cc1ccccc1)C(=O)CCCOCCOCCOc1ccc2nc(N=Nc3ccc(N(C)C)cc3)sc2c1. The molecule has 0 saturated carbocycles. The van der Waals surface area contributed by atoms with Crippen LogP contribution in [-0.2, 0) is 25.5 Å². The zero-order valence-corrected chi connectivity index (χ0v) is 30.7. The second-order valence-electron chi connectivity index (χ2n) is 12.9. The van der Waals surface area contributed by atoms with Gasteiger partial charge < -0.3 is 35.3 Å². The molecule has 4 aromatic rings. The number of rotatable bonds is 22. The first-order valence-corrected chi connectivity index (χ1v) is 18.1. The molecule has 4 N–H and O–H groups in total. The fraction of sp³-hybridized carbons (Fsp3) is 0.447. The summed E-state index contributed by atoms with van der Waals surface area (Å²) in [5, 5.41) is 22.4. The normalized spacial score (nSPS) is 13.4. The monoisotopic (exact) mass is 718 g/mol. The first-order chi connectivity index (χ1) is 24.6. The molecule has 1 amide bonds. The molecule has 0 radical (unpaired) electrons. The molecular weight excluding hydrogens is 669 g/mol. The maximum Gasteiger partial charge on any atom is 0.251 e. The lowest BCUT2D eigenvalue weighted by Gasteiger charge is -2.24. The highest BCUT2D eigenvalue weighted by Gasteiger charge is 2.28. The fourth-order valence-electron chi connectivity index (χ4n) is 5.20. The minimum absolute atomic E-state index is 0.0963. The average Bonchev–Trinajstić information content (AvgIpc) is 3.53. The van der Waals surface area contributed by atoms with E-state index < -0.39 is 24.1 Å². The van der Waals surface area contributed by atoms with Gasteiger partial charge in [0.2, 0.25) is 5.13 Å². The number of Topliss-reactive ketones (excluding diaryl/α,β-unsaturated/α-hetero) is 1. The summed E-state index contributed by atoms with van der Waals surface area (Å²) in [6, 6.07) is 21.5. The van der Waals surface area contributed by atoms with Crippen LogP contribution in [0.5, 0.6) is 5.75 Å². The number of carbonyl (C=O) groups is 2. The van der Waals surface area contributed by atoms with Gasteiger partial charge in [-0.2, -0.15) is 0 Å². The Kier molecular flexibility index (Phi) is 15.9. The number of anilines is 1. The van der Waals surface area contributed by atoms with E-state index >= 15 is 0 Å². The highest BCUT2D eigenvalue weighted by Crippen LogP contribution is 2.32. The maximum atomic E-state index is 13.0. The predicted molar refractivity (Wildman–Crippen MR) is 201 cm³/mol. The third-order valence-electron chi connectivity index (χ3n) is 7.95. The third-order valence-corrected chi connectivity index (χ3v) is 8.85. The number of ketones is 1. The van der Waals surface area contributed by atoms with Crippen molar-refractivity contribution in [1.82, 2.24) is 10.3 Å². The van der Waals surface area contributed by atoms with Crippen LogP contribution in [0.2, 0.25) is 0 Å². The molecule has 274 valence electrons. The fourth-order valence-corrected chi connectivity index (χ4v) is 6.01. The highest BCUT2D eigenvalue weighted by molar-refractivity contribution is 7.21. The summed E-state index contributed by atoms with van der Waals surface area (Å²) in [6.45, 7) is 5.90. The second kappa shape index (κ2) is 20.5. The Hall–Kier alpha value is -4.27. The molecule has 0 aliphatic rings. The summed E-state index contributed by atoms with van der Waals surface area (Å²) in [5.41, 5.74) is 9.72. The van der Waals surface area contributed by atoms with E-state index in [1.165, 1.54) is 11.3 Å². The molecule has 3 aromatic carbocycles. The van der Waals surface area contributed by atoms with Crippen molar-refractivity contribution in [3.05, 3.63) is 78.4 Å². The number of carbonyl (C=O) groups excluding carboxylic acids is 2. The van der Waals surface area contributed by atoms with E-state index in [-0.39, 0.29) is 18.1 Å². The van der Waals surface area contributed by atoms with E-state index in [1.54, 1.807) is 0 Å². The molecule has 0 aliphatic carbocycles. The van der Waals surface area contributed by atoms with Crippen LogP contribution in [0.15, 0.2) is 83.0 Å². The van der Waals surface area contributed by atoms with Gasteiger partial charge in [-0.25, -0.2) is 4.98 Å². The van der Waals surface area contributed by atoms with Gasteiger partial charge in [-0.05, 0) is 73.2 Å². The van der Waals surface area contributed by atoms with Crippen LogP contribution >= 0.6 is 11.3 Å². The van der Waals surface area contributed by atoms with E-state index in [0.717, 1.165) is 32.9 Å². The first-order valence-electron chi connectivity index (χ1n) is 17.3. The Morgan fingerprint density at radius 3 is 2.35 bits per heavy atom. The average molecular weight is 719 g/mol. The van der Waals surface area contributed by atoms with Gasteiger partial charge in [-0.1, -0.05) is 55.5 Å². The van der Waals surface area contributed by atoms with Crippen molar-refractivity contribution in [2.45, 2.75) is 57.7 Å². The van der Waals surface area contributed by atoms with Crippen LogP contribution < -0.4 is 20.7 Å². The van der Waals surface area contributed by atoms with Crippen LogP contribution in [0.1, 0.15) is 38.7 Å². The highest BCUT2D eigenvalue weighted by atomic mass is 32.1. The number of thiazole rings is 1. The summed E-state index contributed by atoms with van der Waals surface area (Å²) < 4.78 is 18.1. The number of benzene rings is 3. The van der Waals surface area contributed by atoms with Crippen molar-refractivity contribution < 1.29 is 28.9 Å². The standard InChI is InChI=1S/C38H50N6O6S/c1-26(2)23-33(40-37(47)36(46)31(39)24-27-9-6-5-7-10-27)34(45)11-8-18-48-19-20-49-21-22-50-30-16-17-32-35(25-30)51-38(41-32)43-42-28-12-14-29(15-13-28)44(3)4/h5-7,9-10,12-17,25-26,31,33,36,46H,8,11,18-24,39H2,1-4H3,(H,40,47)/t31-,33+,36+/m1/s1. The number of nitrogens with zero attached hydrogens (tertiary/aromatic N) is 4. The topological polar surface area (TPSA) is 161 Å². The van der Waals surface area contributed by atoms with Crippen molar-refractivity contribution in [3.63, 3.8) is 0 Å². The third kappa shape index (κ3) is 13.4. The van der Waals surface area contributed by atoms with Crippen molar-refractivity contribution in [2.75, 3.05) is 52.0 Å². The molecule has 0 aliphatic heterocycles. The Balaban J connectivity index is 1.08. The number of amides is 1. The Labute approximate surface area is 304 Å². The van der Waals surface area contributed by atoms with E-state index in [9.17, 15) is 14.7 Å². The number of fused-ring (bicyclic) bond motifs is 1. The van der Waals surface area contributed by atoms with Crippen LogP contribution in [0.25, 0.3) is 10.2 Å². The van der Waals surface area contributed by atoms with Crippen LogP contribution in [-0.4, -0.2) is 87.1 Å². The van der Waals surface area contributed by atoms with Crippen molar-refractivity contribution in [3.8, 4) is 5.75 Å². The van der Waals surface area contributed by atoms with Gasteiger partial charge >= 0.3 is 0 Å². The van der Waals surface area contributed by atoms with E-state index in [2.05, 4.69) is 20.5 Å². The summed E-state index contributed by atoms with van der Waals surface area (Å²) in [6.07, 6.45) is 0.158. The van der Waals surface area contributed by atoms with Gasteiger partial charge in [0.25, 0.3) is 5.91 Å². The van der Waals surface area contributed by atoms with Gasteiger partial charge in [-0.3, -0.25) is 9.59 Å². The molecule has 13 heteroatoms. The van der Waals surface area contributed by atoms with Gasteiger partial charge in [0.15, 0.2) is 5.78 Å². The molecule has 0 saturated heterocycles. The molecule has 1 aromatic heterocycles. The van der Waals surface area contributed by atoms with Gasteiger partial charge in [0.05, 0.1) is 41.8 Å². The number of ether oxygens (including phenoxy) is 3. The molecule has 1 heterocycles. The van der Waals surface area contributed by atoms with Gasteiger partial charge in [0.1, 0.15) is 18.5 Å².